The van der Waals surface area contributed by atoms with Crippen LogP contribution in [-0.4, -0.2) is 0 Å². The first-order chi connectivity index (χ1) is 8.56. The second kappa shape index (κ2) is 5.85. The van der Waals surface area contributed by atoms with Gasteiger partial charge in [-0.1, -0.05) is 6.07 Å². The number of hydrogen-bond acceptors (Lipinski definition) is 1. The Morgan fingerprint density at radius 1 is 1.06 bits per heavy atom. The molecule has 0 radical (unpaired) electrons. The van der Waals surface area contributed by atoms with Crippen molar-refractivity contribution in [1.82, 2.24) is 0 Å². The summed E-state index contributed by atoms with van der Waals surface area (Å²) in [6, 6.07) is 10.8. The summed E-state index contributed by atoms with van der Waals surface area (Å²) in [5.74, 6) is -0.204. The van der Waals surface area contributed by atoms with Crippen molar-refractivity contribution in [1.29, 1.82) is 0 Å². The van der Waals surface area contributed by atoms with E-state index in [1.165, 1.54) is 12.1 Å². The van der Waals surface area contributed by atoms with Gasteiger partial charge in [-0.25, -0.2) is 4.39 Å². The van der Waals surface area contributed by atoms with Crippen LogP contribution in [0.1, 0.15) is 11.1 Å². The van der Waals surface area contributed by atoms with Crippen LogP contribution >= 0.6 is 31.9 Å². The second-order valence-electron chi connectivity index (χ2n) is 4.06. The summed E-state index contributed by atoms with van der Waals surface area (Å²) in [6.45, 7) is 2.60. The smallest absolute Gasteiger partial charge is 0.123 e. The Hall–Kier alpha value is -0.870. The lowest BCUT2D eigenvalue weighted by atomic mass is 10.1. The lowest BCUT2D eigenvalue weighted by Crippen LogP contribution is -2.01. The zero-order valence-electron chi connectivity index (χ0n) is 9.81. The highest BCUT2D eigenvalue weighted by atomic mass is 79.9. The van der Waals surface area contributed by atoms with Crippen molar-refractivity contribution in [3.8, 4) is 0 Å². The number of anilines is 1. The maximum absolute atomic E-state index is 13.0. The highest BCUT2D eigenvalue weighted by molar-refractivity contribution is 9.13. The van der Waals surface area contributed by atoms with E-state index in [9.17, 15) is 4.39 Å². The van der Waals surface area contributed by atoms with Crippen molar-refractivity contribution >= 4 is 37.5 Å². The fraction of sp³-hybridized carbons (Fsp3) is 0.143. The van der Waals surface area contributed by atoms with Crippen molar-refractivity contribution in [2.75, 3.05) is 5.32 Å². The van der Waals surface area contributed by atoms with Crippen molar-refractivity contribution in [3.63, 3.8) is 0 Å². The minimum atomic E-state index is -0.204. The molecule has 0 saturated heterocycles. The van der Waals surface area contributed by atoms with Gasteiger partial charge in [0.1, 0.15) is 5.82 Å². The molecular formula is C14H12Br2FN. The minimum absolute atomic E-state index is 0.204. The number of rotatable bonds is 3. The lowest BCUT2D eigenvalue weighted by molar-refractivity contribution is 0.627. The first-order valence-corrected chi connectivity index (χ1v) is 7.09. The van der Waals surface area contributed by atoms with Gasteiger partial charge in [0.2, 0.25) is 0 Å². The van der Waals surface area contributed by atoms with Gasteiger partial charge in [-0.3, -0.25) is 0 Å². The van der Waals surface area contributed by atoms with Crippen LogP contribution in [0.5, 0.6) is 0 Å². The van der Waals surface area contributed by atoms with Gasteiger partial charge < -0.3 is 5.32 Å². The molecular weight excluding hydrogens is 361 g/mol. The van der Waals surface area contributed by atoms with E-state index in [-0.39, 0.29) is 5.82 Å². The highest BCUT2D eigenvalue weighted by Crippen LogP contribution is 2.24. The van der Waals surface area contributed by atoms with E-state index in [2.05, 4.69) is 43.2 Å². The summed E-state index contributed by atoms with van der Waals surface area (Å²) >= 11 is 6.91. The van der Waals surface area contributed by atoms with Crippen molar-refractivity contribution < 1.29 is 4.39 Å². The average Bonchev–Trinajstić information content (AvgIpc) is 2.32. The molecule has 0 unspecified atom stereocenters. The Morgan fingerprint density at radius 3 is 2.50 bits per heavy atom. The van der Waals surface area contributed by atoms with Crippen LogP contribution in [-0.2, 0) is 6.54 Å². The minimum Gasteiger partial charge on any atom is -0.381 e. The molecule has 0 aliphatic rings. The molecule has 2 aromatic carbocycles. The predicted molar refractivity (Wildman–Crippen MR) is 80.3 cm³/mol. The standard InChI is InChI=1S/C14H12Br2FN/c1-9-6-11(17)3-5-14(9)18-8-10-2-4-12(15)13(16)7-10/h2-7,18H,8H2,1H3. The maximum atomic E-state index is 13.0. The van der Waals surface area contributed by atoms with E-state index in [1.807, 2.05) is 19.1 Å². The Kier molecular flexibility index (Phi) is 4.40. The molecule has 1 N–H and O–H groups in total. The Bertz CT molecular complexity index is 570. The molecule has 0 amide bonds. The summed E-state index contributed by atoms with van der Waals surface area (Å²) < 4.78 is 15.0. The van der Waals surface area contributed by atoms with Gasteiger partial charge in [-0.15, -0.1) is 0 Å². The van der Waals surface area contributed by atoms with Gasteiger partial charge in [-0.05, 0) is 80.2 Å². The molecule has 0 aromatic heterocycles. The Balaban J connectivity index is 2.09. The van der Waals surface area contributed by atoms with Crippen LogP contribution in [0.2, 0.25) is 0 Å². The first kappa shape index (κ1) is 13.6. The van der Waals surface area contributed by atoms with Gasteiger partial charge in [-0.2, -0.15) is 0 Å². The third-order valence-electron chi connectivity index (χ3n) is 2.66. The molecule has 0 atom stereocenters. The molecule has 2 rings (SSSR count). The Morgan fingerprint density at radius 2 is 1.83 bits per heavy atom. The number of aryl methyl sites for hydroxylation is 1. The summed E-state index contributed by atoms with van der Waals surface area (Å²) in [4.78, 5) is 0. The average molecular weight is 373 g/mol. The summed E-state index contributed by atoms with van der Waals surface area (Å²) in [6.07, 6.45) is 0. The normalized spacial score (nSPS) is 10.4. The fourth-order valence-corrected chi connectivity index (χ4v) is 2.35. The molecule has 0 spiro atoms. The van der Waals surface area contributed by atoms with Crippen molar-refractivity contribution in [2.45, 2.75) is 13.5 Å². The molecule has 0 saturated carbocycles. The van der Waals surface area contributed by atoms with E-state index in [0.29, 0.717) is 6.54 Å². The van der Waals surface area contributed by atoms with Gasteiger partial charge in [0, 0.05) is 21.2 Å². The van der Waals surface area contributed by atoms with E-state index >= 15 is 0 Å². The number of hydrogen-bond donors (Lipinski definition) is 1. The maximum Gasteiger partial charge on any atom is 0.123 e. The van der Waals surface area contributed by atoms with Crippen LogP contribution in [0.3, 0.4) is 0 Å². The zero-order valence-corrected chi connectivity index (χ0v) is 13.0. The highest BCUT2D eigenvalue weighted by Gasteiger charge is 2.01. The number of benzene rings is 2. The molecule has 2 aromatic rings. The second-order valence-corrected chi connectivity index (χ2v) is 5.77. The van der Waals surface area contributed by atoms with Crippen LogP contribution in [0.25, 0.3) is 0 Å². The van der Waals surface area contributed by atoms with E-state index in [4.69, 9.17) is 0 Å². The van der Waals surface area contributed by atoms with Crippen LogP contribution in [0.4, 0.5) is 10.1 Å². The first-order valence-electron chi connectivity index (χ1n) is 5.50. The fourth-order valence-electron chi connectivity index (χ4n) is 1.67. The largest absolute Gasteiger partial charge is 0.381 e. The summed E-state index contributed by atoms with van der Waals surface area (Å²) in [5.41, 5.74) is 3.02. The summed E-state index contributed by atoms with van der Waals surface area (Å²) in [5, 5.41) is 3.30. The molecule has 0 fully saturated rings. The van der Waals surface area contributed by atoms with E-state index in [0.717, 1.165) is 25.8 Å². The molecule has 0 aliphatic carbocycles. The molecule has 4 heteroatoms. The molecule has 0 heterocycles. The van der Waals surface area contributed by atoms with Crippen LogP contribution in [0.15, 0.2) is 45.3 Å². The molecule has 18 heavy (non-hydrogen) atoms. The molecule has 1 nitrogen and oxygen atoms in total. The number of nitrogens with one attached hydrogen (secondary N) is 1. The van der Waals surface area contributed by atoms with E-state index < -0.39 is 0 Å². The molecule has 0 aliphatic heterocycles. The SMILES string of the molecule is Cc1cc(F)ccc1NCc1ccc(Br)c(Br)c1. The van der Waals surface area contributed by atoms with Crippen LogP contribution in [0, 0.1) is 12.7 Å². The van der Waals surface area contributed by atoms with Crippen molar-refractivity contribution in [2.24, 2.45) is 0 Å². The molecule has 94 valence electrons. The quantitative estimate of drug-likeness (QED) is 0.773. The molecule has 0 bridgehead atoms. The third-order valence-corrected chi connectivity index (χ3v) is 4.54. The van der Waals surface area contributed by atoms with Crippen LogP contribution < -0.4 is 5.32 Å². The zero-order chi connectivity index (χ0) is 13.1. The monoisotopic (exact) mass is 371 g/mol. The lowest BCUT2D eigenvalue weighted by Gasteiger charge is -2.10. The topological polar surface area (TPSA) is 12.0 Å². The van der Waals surface area contributed by atoms with E-state index in [1.54, 1.807) is 6.07 Å². The van der Waals surface area contributed by atoms with Gasteiger partial charge in [0.15, 0.2) is 0 Å². The Labute approximate surface area is 123 Å². The number of halogens is 3. The van der Waals surface area contributed by atoms with Crippen molar-refractivity contribution in [3.05, 3.63) is 62.3 Å². The predicted octanol–water partition coefficient (Wildman–Crippen LogP) is 5.27. The summed E-state index contributed by atoms with van der Waals surface area (Å²) in [7, 11) is 0. The third kappa shape index (κ3) is 3.33. The van der Waals surface area contributed by atoms with Gasteiger partial charge in [0.05, 0.1) is 0 Å². The van der Waals surface area contributed by atoms with Gasteiger partial charge >= 0.3 is 0 Å². The van der Waals surface area contributed by atoms with Gasteiger partial charge in [0.25, 0.3) is 0 Å².